The number of fused-ring (bicyclic) bond motifs is 1. The molecule has 2 rings (SSSR count). The zero-order chi connectivity index (χ0) is 12.3. The Hall–Kier alpha value is -1.55. The van der Waals surface area contributed by atoms with Gasteiger partial charge in [0.25, 0.3) is 0 Å². The maximum absolute atomic E-state index is 11.6. The smallest absolute Gasteiger partial charge is 0.236 e. The molecule has 0 saturated carbocycles. The van der Waals surface area contributed by atoms with E-state index in [1.165, 1.54) is 0 Å². The van der Waals surface area contributed by atoms with Crippen LogP contribution in [-0.2, 0) is 11.3 Å². The molecule has 1 aromatic rings. The van der Waals surface area contributed by atoms with Gasteiger partial charge in [0.05, 0.1) is 6.04 Å². The van der Waals surface area contributed by atoms with Crippen LogP contribution in [0.25, 0.3) is 0 Å². The highest BCUT2D eigenvalue weighted by Crippen LogP contribution is 2.23. The molecule has 0 bridgehead atoms. The number of hydrogen-bond donors (Lipinski definition) is 1. The molecule has 1 amide bonds. The Kier molecular flexibility index (Phi) is 3.64. The van der Waals surface area contributed by atoms with Crippen molar-refractivity contribution in [2.45, 2.75) is 19.5 Å². The summed E-state index contributed by atoms with van der Waals surface area (Å²) in [6.45, 7) is 4.07. The van der Waals surface area contributed by atoms with E-state index in [2.05, 4.69) is 10.2 Å². The average molecular weight is 234 g/mol. The second-order valence-electron chi connectivity index (χ2n) is 4.22. The van der Waals surface area contributed by atoms with Crippen molar-refractivity contribution in [2.24, 2.45) is 0 Å². The second-order valence-corrected chi connectivity index (χ2v) is 4.22. The van der Waals surface area contributed by atoms with Gasteiger partial charge in [-0.3, -0.25) is 9.69 Å². The Morgan fingerprint density at radius 2 is 2.24 bits per heavy atom. The zero-order valence-electron chi connectivity index (χ0n) is 10.3. The fourth-order valence-corrected chi connectivity index (χ4v) is 2.05. The van der Waals surface area contributed by atoms with Crippen molar-refractivity contribution < 1.29 is 9.53 Å². The Morgan fingerprint density at radius 1 is 1.47 bits per heavy atom. The average Bonchev–Trinajstić information content (AvgIpc) is 2.58. The molecule has 4 nitrogen and oxygen atoms in total. The van der Waals surface area contributed by atoms with Gasteiger partial charge in [-0.15, -0.1) is 0 Å². The van der Waals surface area contributed by atoms with E-state index >= 15 is 0 Å². The van der Waals surface area contributed by atoms with E-state index < -0.39 is 0 Å². The highest BCUT2D eigenvalue weighted by molar-refractivity contribution is 5.80. The first kappa shape index (κ1) is 11.9. The first-order valence-corrected chi connectivity index (χ1v) is 5.88. The molecule has 17 heavy (non-hydrogen) atoms. The Labute approximate surface area is 102 Å². The number of nitrogens with one attached hydrogen (secondary N) is 1. The molecule has 1 aliphatic rings. The van der Waals surface area contributed by atoms with Crippen LogP contribution in [0.5, 0.6) is 5.75 Å². The first-order valence-electron chi connectivity index (χ1n) is 5.88. The minimum atomic E-state index is -0.130. The SMILES string of the molecule is CNC(=O)C(C)N1CCOc2ccccc2C1. The van der Waals surface area contributed by atoms with Crippen LogP contribution in [-0.4, -0.2) is 37.0 Å². The molecule has 1 atom stereocenters. The summed E-state index contributed by atoms with van der Waals surface area (Å²) in [4.78, 5) is 13.8. The van der Waals surface area contributed by atoms with E-state index in [1.54, 1.807) is 7.05 Å². The van der Waals surface area contributed by atoms with E-state index in [4.69, 9.17) is 4.74 Å². The van der Waals surface area contributed by atoms with Crippen LogP contribution in [0.15, 0.2) is 24.3 Å². The number of likely N-dealkylation sites (N-methyl/N-ethyl adjacent to an activating group) is 1. The minimum Gasteiger partial charge on any atom is -0.492 e. The van der Waals surface area contributed by atoms with E-state index in [0.29, 0.717) is 6.61 Å². The standard InChI is InChI=1S/C13H18N2O2/c1-10(13(16)14-2)15-7-8-17-12-6-4-3-5-11(12)9-15/h3-6,10H,7-9H2,1-2H3,(H,14,16). The molecule has 92 valence electrons. The highest BCUT2D eigenvalue weighted by Gasteiger charge is 2.23. The van der Waals surface area contributed by atoms with Crippen molar-refractivity contribution in [3.63, 3.8) is 0 Å². The Morgan fingerprint density at radius 3 is 3.00 bits per heavy atom. The molecule has 1 aliphatic heterocycles. The molecule has 0 fully saturated rings. The van der Waals surface area contributed by atoms with Gasteiger partial charge in [0.2, 0.25) is 5.91 Å². The van der Waals surface area contributed by atoms with Gasteiger partial charge >= 0.3 is 0 Å². The largest absolute Gasteiger partial charge is 0.492 e. The molecule has 1 heterocycles. The van der Waals surface area contributed by atoms with Crippen LogP contribution >= 0.6 is 0 Å². The number of amides is 1. The number of hydrogen-bond acceptors (Lipinski definition) is 3. The lowest BCUT2D eigenvalue weighted by atomic mass is 10.1. The van der Waals surface area contributed by atoms with Crippen molar-refractivity contribution in [3.8, 4) is 5.75 Å². The molecule has 0 radical (unpaired) electrons. The molecule has 1 unspecified atom stereocenters. The van der Waals surface area contributed by atoms with E-state index in [9.17, 15) is 4.79 Å². The summed E-state index contributed by atoms with van der Waals surface area (Å²) in [5.74, 6) is 0.975. The summed E-state index contributed by atoms with van der Waals surface area (Å²) in [5, 5.41) is 2.68. The van der Waals surface area contributed by atoms with Crippen LogP contribution in [0.2, 0.25) is 0 Å². The van der Waals surface area contributed by atoms with Gasteiger partial charge in [-0.25, -0.2) is 0 Å². The molecule has 4 heteroatoms. The van der Waals surface area contributed by atoms with Gasteiger partial charge in [0.1, 0.15) is 12.4 Å². The Bertz CT molecular complexity index is 406. The fourth-order valence-electron chi connectivity index (χ4n) is 2.05. The molecule has 0 spiro atoms. The van der Waals surface area contributed by atoms with E-state index in [0.717, 1.165) is 24.4 Å². The minimum absolute atomic E-state index is 0.0457. The number of rotatable bonds is 2. The van der Waals surface area contributed by atoms with Crippen LogP contribution in [0.4, 0.5) is 0 Å². The van der Waals surface area contributed by atoms with Crippen molar-refractivity contribution in [3.05, 3.63) is 29.8 Å². The summed E-state index contributed by atoms with van der Waals surface area (Å²) in [6.07, 6.45) is 0. The summed E-state index contributed by atoms with van der Waals surface area (Å²) in [7, 11) is 1.67. The van der Waals surface area contributed by atoms with E-state index in [1.807, 2.05) is 31.2 Å². The third-order valence-corrected chi connectivity index (χ3v) is 3.16. The fraction of sp³-hybridized carbons (Fsp3) is 0.462. The lowest BCUT2D eigenvalue weighted by molar-refractivity contribution is -0.125. The van der Waals surface area contributed by atoms with Gasteiger partial charge in [-0.2, -0.15) is 0 Å². The van der Waals surface area contributed by atoms with Crippen LogP contribution < -0.4 is 10.1 Å². The summed E-state index contributed by atoms with van der Waals surface area (Å²) in [5.41, 5.74) is 1.14. The monoisotopic (exact) mass is 234 g/mol. The van der Waals surface area contributed by atoms with Crippen molar-refractivity contribution in [2.75, 3.05) is 20.2 Å². The molecular formula is C13H18N2O2. The predicted octanol–water partition coefficient (Wildman–Crippen LogP) is 1.02. The number of nitrogens with zero attached hydrogens (tertiary/aromatic N) is 1. The van der Waals surface area contributed by atoms with Crippen molar-refractivity contribution in [1.29, 1.82) is 0 Å². The third kappa shape index (κ3) is 2.58. The number of para-hydroxylation sites is 1. The summed E-state index contributed by atoms with van der Waals surface area (Å²) < 4.78 is 5.67. The number of ether oxygens (including phenoxy) is 1. The van der Waals surface area contributed by atoms with Gasteiger partial charge < -0.3 is 10.1 Å². The molecule has 0 saturated heterocycles. The third-order valence-electron chi connectivity index (χ3n) is 3.16. The van der Waals surface area contributed by atoms with Gasteiger partial charge in [0.15, 0.2) is 0 Å². The molecule has 0 aromatic heterocycles. The van der Waals surface area contributed by atoms with Gasteiger partial charge in [-0.05, 0) is 13.0 Å². The first-order chi connectivity index (χ1) is 8.22. The maximum Gasteiger partial charge on any atom is 0.236 e. The number of benzene rings is 1. The predicted molar refractivity (Wildman–Crippen MR) is 65.9 cm³/mol. The van der Waals surface area contributed by atoms with Crippen LogP contribution in [0, 0.1) is 0 Å². The van der Waals surface area contributed by atoms with E-state index in [-0.39, 0.29) is 11.9 Å². The van der Waals surface area contributed by atoms with Gasteiger partial charge in [-0.1, -0.05) is 18.2 Å². The normalized spacial score (nSPS) is 17.5. The molecular weight excluding hydrogens is 216 g/mol. The highest BCUT2D eigenvalue weighted by atomic mass is 16.5. The van der Waals surface area contributed by atoms with Crippen LogP contribution in [0.1, 0.15) is 12.5 Å². The molecule has 1 aromatic carbocycles. The maximum atomic E-state index is 11.6. The Balaban J connectivity index is 2.15. The molecule has 0 aliphatic carbocycles. The molecule has 1 N–H and O–H groups in total. The summed E-state index contributed by atoms with van der Waals surface area (Å²) in [6, 6.07) is 7.86. The topological polar surface area (TPSA) is 41.6 Å². The van der Waals surface area contributed by atoms with Crippen molar-refractivity contribution >= 4 is 5.91 Å². The second kappa shape index (κ2) is 5.19. The quantitative estimate of drug-likeness (QED) is 0.830. The zero-order valence-corrected chi connectivity index (χ0v) is 10.3. The van der Waals surface area contributed by atoms with Gasteiger partial charge in [0, 0.05) is 25.7 Å². The van der Waals surface area contributed by atoms with Crippen molar-refractivity contribution in [1.82, 2.24) is 10.2 Å². The lowest BCUT2D eigenvalue weighted by Crippen LogP contribution is -2.44. The number of carbonyl (C=O) groups is 1. The summed E-state index contributed by atoms with van der Waals surface area (Å²) >= 11 is 0. The van der Waals surface area contributed by atoms with Crippen LogP contribution in [0.3, 0.4) is 0 Å². The lowest BCUT2D eigenvalue weighted by Gasteiger charge is -2.25. The number of carbonyl (C=O) groups excluding carboxylic acids is 1.